The van der Waals surface area contributed by atoms with Crippen molar-refractivity contribution in [3.8, 4) is 0 Å². The lowest BCUT2D eigenvalue weighted by Gasteiger charge is -2.41. The third-order valence-corrected chi connectivity index (χ3v) is 3.46. The molecule has 2 heteroatoms. The van der Waals surface area contributed by atoms with Gasteiger partial charge < -0.3 is 10.0 Å². The zero-order chi connectivity index (χ0) is 11.0. The standard InChI is InChI=1S/C12H25NO/c1-10-8-11(2,3)9-12(4,14)6-7-13(10)5/h10,14H,6-9H2,1-5H3. The molecular formula is C12H25NO. The van der Waals surface area contributed by atoms with Crippen LogP contribution in [0.1, 0.15) is 47.0 Å². The van der Waals surface area contributed by atoms with E-state index in [1.807, 2.05) is 6.92 Å². The highest BCUT2D eigenvalue weighted by molar-refractivity contribution is 4.88. The van der Waals surface area contributed by atoms with Gasteiger partial charge in [-0.05, 0) is 45.6 Å². The van der Waals surface area contributed by atoms with Gasteiger partial charge in [-0.3, -0.25) is 0 Å². The Kier molecular flexibility index (Phi) is 3.27. The predicted molar refractivity (Wildman–Crippen MR) is 60.3 cm³/mol. The number of nitrogens with zero attached hydrogens (tertiary/aromatic N) is 1. The molecule has 2 atom stereocenters. The number of likely N-dealkylation sites (tertiary alicyclic amines) is 1. The second-order valence-corrected chi connectivity index (χ2v) is 6.12. The van der Waals surface area contributed by atoms with E-state index >= 15 is 0 Å². The number of hydrogen-bond acceptors (Lipinski definition) is 2. The summed E-state index contributed by atoms with van der Waals surface area (Å²) in [6, 6.07) is 0.626. The third kappa shape index (κ3) is 3.25. The van der Waals surface area contributed by atoms with Crippen LogP contribution in [0.3, 0.4) is 0 Å². The van der Waals surface area contributed by atoms with Gasteiger partial charge in [0.1, 0.15) is 0 Å². The summed E-state index contributed by atoms with van der Waals surface area (Å²) in [6.07, 6.45) is 2.97. The van der Waals surface area contributed by atoms with Crippen LogP contribution in [0.2, 0.25) is 0 Å². The Balaban J connectivity index is 2.74. The van der Waals surface area contributed by atoms with Gasteiger partial charge in [0, 0.05) is 12.6 Å². The van der Waals surface area contributed by atoms with E-state index < -0.39 is 5.60 Å². The Morgan fingerprint density at radius 2 is 1.86 bits per heavy atom. The van der Waals surface area contributed by atoms with E-state index in [-0.39, 0.29) is 5.41 Å². The predicted octanol–water partition coefficient (Wildman–Crippen LogP) is 2.27. The highest BCUT2D eigenvalue weighted by atomic mass is 16.3. The number of hydrogen-bond donors (Lipinski definition) is 1. The first-order valence-corrected chi connectivity index (χ1v) is 5.65. The van der Waals surface area contributed by atoms with E-state index in [1.165, 1.54) is 6.42 Å². The molecule has 1 aliphatic rings. The Morgan fingerprint density at radius 3 is 2.43 bits per heavy atom. The van der Waals surface area contributed by atoms with Crippen molar-refractivity contribution in [3.05, 3.63) is 0 Å². The first kappa shape index (κ1) is 12.0. The van der Waals surface area contributed by atoms with Crippen molar-refractivity contribution < 1.29 is 5.11 Å². The molecule has 0 aromatic heterocycles. The summed E-state index contributed by atoms with van der Waals surface area (Å²) < 4.78 is 0. The third-order valence-electron chi connectivity index (χ3n) is 3.46. The van der Waals surface area contributed by atoms with Crippen LogP contribution in [-0.4, -0.2) is 35.2 Å². The van der Waals surface area contributed by atoms with E-state index in [0.717, 1.165) is 19.4 Å². The van der Waals surface area contributed by atoms with Crippen molar-refractivity contribution in [2.24, 2.45) is 5.41 Å². The number of aliphatic hydroxyl groups is 1. The van der Waals surface area contributed by atoms with E-state index in [0.29, 0.717) is 6.04 Å². The van der Waals surface area contributed by atoms with Crippen molar-refractivity contribution in [2.45, 2.75) is 58.6 Å². The van der Waals surface area contributed by atoms with Gasteiger partial charge in [-0.15, -0.1) is 0 Å². The van der Waals surface area contributed by atoms with Crippen LogP contribution in [0.5, 0.6) is 0 Å². The molecule has 84 valence electrons. The first-order chi connectivity index (χ1) is 6.22. The maximum atomic E-state index is 10.2. The smallest absolute Gasteiger partial charge is 0.0637 e. The van der Waals surface area contributed by atoms with Gasteiger partial charge in [0.15, 0.2) is 0 Å². The first-order valence-electron chi connectivity index (χ1n) is 5.65. The molecular weight excluding hydrogens is 174 g/mol. The summed E-state index contributed by atoms with van der Waals surface area (Å²) >= 11 is 0. The van der Waals surface area contributed by atoms with Crippen molar-refractivity contribution >= 4 is 0 Å². The minimum atomic E-state index is -0.488. The average Bonchev–Trinajstić information content (AvgIpc) is 1.95. The molecule has 2 nitrogen and oxygen atoms in total. The molecule has 0 bridgehead atoms. The topological polar surface area (TPSA) is 23.5 Å². The Morgan fingerprint density at radius 1 is 1.29 bits per heavy atom. The molecule has 2 unspecified atom stereocenters. The van der Waals surface area contributed by atoms with E-state index in [2.05, 4.69) is 32.7 Å². The van der Waals surface area contributed by atoms with Crippen LogP contribution in [0, 0.1) is 5.41 Å². The molecule has 0 saturated carbocycles. The Labute approximate surface area is 88.3 Å². The van der Waals surface area contributed by atoms with Crippen LogP contribution in [0.15, 0.2) is 0 Å². The quantitative estimate of drug-likeness (QED) is 0.647. The van der Waals surface area contributed by atoms with Gasteiger partial charge in [0.05, 0.1) is 5.60 Å². The highest BCUT2D eigenvalue weighted by Gasteiger charge is 2.34. The molecule has 1 aliphatic heterocycles. The van der Waals surface area contributed by atoms with Crippen molar-refractivity contribution in [3.63, 3.8) is 0 Å². The van der Waals surface area contributed by atoms with Gasteiger partial charge in [-0.25, -0.2) is 0 Å². The molecule has 1 fully saturated rings. The lowest BCUT2D eigenvalue weighted by atomic mass is 9.74. The molecule has 0 aromatic carbocycles. The van der Waals surface area contributed by atoms with Crippen LogP contribution in [-0.2, 0) is 0 Å². The zero-order valence-corrected chi connectivity index (χ0v) is 10.3. The summed E-state index contributed by atoms with van der Waals surface area (Å²) in [6.45, 7) is 9.78. The largest absolute Gasteiger partial charge is 0.390 e. The van der Waals surface area contributed by atoms with Crippen LogP contribution >= 0.6 is 0 Å². The minimum absolute atomic E-state index is 0.248. The van der Waals surface area contributed by atoms with Crippen molar-refractivity contribution in [1.82, 2.24) is 4.90 Å². The highest BCUT2D eigenvalue weighted by Crippen LogP contribution is 2.36. The molecule has 0 aliphatic carbocycles. The van der Waals surface area contributed by atoms with Crippen molar-refractivity contribution in [2.75, 3.05) is 13.6 Å². The van der Waals surface area contributed by atoms with E-state index in [9.17, 15) is 5.11 Å². The maximum absolute atomic E-state index is 10.2. The molecule has 1 N–H and O–H groups in total. The summed E-state index contributed by atoms with van der Waals surface area (Å²) in [5.74, 6) is 0. The second kappa shape index (κ2) is 3.82. The van der Waals surface area contributed by atoms with Gasteiger partial charge in [-0.1, -0.05) is 13.8 Å². The fraction of sp³-hybridized carbons (Fsp3) is 1.00. The molecule has 0 amide bonds. The molecule has 0 radical (unpaired) electrons. The second-order valence-electron chi connectivity index (χ2n) is 6.12. The lowest BCUT2D eigenvalue weighted by Crippen LogP contribution is -2.44. The molecule has 0 spiro atoms. The minimum Gasteiger partial charge on any atom is -0.390 e. The molecule has 0 aromatic rings. The molecule has 14 heavy (non-hydrogen) atoms. The molecule has 1 heterocycles. The van der Waals surface area contributed by atoms with Gasteiger partial charge in [0.25, 0.3) is 0 Å². The number of rotatable bonds is 0. The van der Waals surface area contributed by atoms with Crippen LogP contribution in [0.25, 0.3) is 0 Å². The average molecular weight is 199 g/mol. The van der Waals surface area contributed by atoms with Crippen LogP contribution in [0.4, 0.5) is 0 Å². The summed E-state index contributed by atoms with van der Waals surface area (Å²) in [7, 11) is 2.15. The van der Waals surface area contributed by atoms with Gasteiger partial charge in [-0.2, -0.15) is 0 Å². The lowest BCUT2D eigenvalue weighted by molar-refractivity contribution is -0.0246. The van der Waals surface area contributed by atoms with E-state index in [1.54, 1.807) is 0 Å². The van der Waals surface area contributed by atoms with Crippen molar-refractivity contribution in [1.29, 1.82) is 0 Å². The van der Waals surface area contributed by atoms with Crippen LogP contribution < -0.4 is 0 Å². The summed E-state index contributed by atoms with van der Waals surface area (Å²) in [5.41, 5.74) is -0.241. The fourth-order valence-corrected chi connectivity index (χ4v) is 2.78. The molecule has 1 rings (SSSR count). The zero-order valence-electron chi connectivity index (χ0n) is 10.3. The van der Waals surface area contributed by atoms with Gasteiger partial charge >= 0.3 is 0 Å². The SMILES string of the molecule is CC1CC(C)(C)CC(C)(O)CCN1C. The Bertz CT molecular complexity index is 198. The summed E-state index contributed by atoms with van der Waals surface area (Å²) in [4.78, 5) is 2.36. The maximum Gasteiger partial charge on any atom is 0.0637 e. The van der Waals surface area contributed by atoms with E-state index in [4.69, 9.17) is 0 Å². The summed E-state index contributed by atoms with van der Waals surface area (Å²) in [5, 5.41) is 10.2. The monoisotopic (exact) mass is 199 g/mol. The fourth-order valence-electron chi connectivity index (χ4n) is 2.78. The molecule has 1 saturated heterocycles. The van der Waals surface area contributed by atoms with Gasteiger partial charge in [0.2, 0.25) is 0 Å². The Hall–Kier alpha value is -0.0800. The normalized spacial score (nSPS) is 40.3.